The highest BCUT2D eigenvalue weighted by atomic mass is 16.2. The van der Waals surface area contributed by atoms with E-state index in [0.717, 1.165) is 0 Å². The van der Waals surface area contributed by atoms with Crippen LogP contribution in [0.15, 0.2) is 0 Å². The molecule has 10 heavy (non-hydrogen) atoms. The second-order valence-corrected chi connectivity index (χ2v) is 2.35. The van der Waals surface area contributed by atoms with E-state index < -0.39 is 0 Å². The van der Waals surface area contributed by atoms with Crippen LogP contribution in [0.25, 0.3) is 0 Å². The first-order valence-electron chi connectivity index (χ1n) is 3.04. The molecule has 0 aromatic rings. The van der Waals surface area contributed by atoms with Crippen LogP contribution in [0, 0.1) is 5.92 Å². The maximum Gasteiger partial charge on any atom is 0.229 e. The van der Waals surface area contributed by atoms with Gasteiger partial charge in [-0.05, 0) is 6.42 Å². The van der Waals surface area contributed by atoms with Crippen LogP contribution >= 0.6 is 0 Å². The minimum absolute atomic E-state index is 0. The fourth-order valence-corrected chi connectivity index (χ4v) is 0.802. The molecule has 1 fully saturated rings. The number of hydrogen-bond acceptors (Lipinski definition) is 2. The third kappa shape index (κ3) is 1.83. The summed E-state index contributed by atoms with van der Waals surface area (Å²) in [4.78, 5) is 21.2. The molecule has 0 aromatic carbocycles. The van der Waals surface area contributed by atoms with Gasteiger partial charge in [0.1, 0.15) is 0 Å². The molecule has 1 atom stereocenters. The smallest absolute Gasteiger partial charge is 0.229 e. The number of imide groups is 1. The van der Waals surface area contributed by atoms with E-state index in [9.17, 15) is 9.59 Å². The molecular weight excluding hydrogens is 130 g/mol. The third-order valence-electron chi connectivity index (χ3n) is 1.51. The highest BCUT2D eigenvalue weighted by Gasteiger charge is 2.21. The van der Waals surface area contributed by atoms with E-state index in [4.69, 9.17) is 0 Å². The van der Waals surface area contributed by atoms with Crippen molar-refractivity contribution in [3.8, 4) is 0 Å². The van der Waals surface area contributed by atoms with Crippen molar-refractivity contribution in [2.75, 3.05) is 0 Å². The van der Waals surface area contributed by atoms with Crippen molar-refractivity contribution in [3.63, 3.8) is 0 Å². The Labute approximate surface area is 60.8 Å². The van der Waals surface area contributed by atoms with Crippen molar-refractivity contribution in [3.05, 3.63) is 0 Å². The maximum absolute atomic E-state index is 10.7. The van der Waals surface area contributed by atoms with E-state index >= 15 is 0 Å². The first-order chi connectivity index (χ1) is 4.20. The quantitative estimate of drug-likeness (QED) is 0.507. The van der Waals surface area contributed by atoms with Crippen LogP contribution < -0.4 is 5.32 Å². The van der Waals surface area contributed by atoms with E-state index in [1.54, 1.807) is 0 Å². The van der Waals surface area contributed by atoms with Crippen LogP contribution in [0.2, 0.25) is 0 Å². The molecular formula is C7H13NO2. The summed E-state index contributed by atoms with van der Waals surface area (Å²) in [5.74, 6) is -0.257. The Hall–Kier alpha value is -0.860. The number of nitrogens with one attached hydrogen (secondary N) is 1. The summed E-state index contributed by atoms with van der Waals surface area (Å²) in [6.07, 6.45) is 1.19. The number of carbonyl (C=O) groups excluding carboxylic acids is 2. The highest BCUT2D eigenvalue weighted by Crippen LogP contribution is 2.09. The predicted molar refractivity (Wildman–Crippen MR) is 38.3 cm³/mol. The van der Waals surface area contributed by atoms with Crippen LogP contribution in [0.3, 0.4) is 0 Å². The Morgan fingerprint density at radius 2 is 2.10 bits per heavy atom. The highest BCUT2D eigenvalue weighted by molar-refractivity contribution is 5.98. The van der Waals surface area contributed by atoms with Gasteiger partial charge in [-0.1, -0.05) is 14.4 Å². The van der Waals surface area contributed by atoms with Crippen molar-refractivity contribution in [1.29, 1.82) is 0 Å². The Balaban J connectivity index is 0.000000810. The van der Waals surface area contributed by atoms with Crippen LogP contribution in [-0.4, -0.2) is 11.8 Å². The zero-order valence-electron chi connectivity index (χ0n) is 5.31. The molecule has 3 heteroatoms. The van der Waals surface area contributed by atoms with Crippen molar-refractivity contribution in [2.45, 2.75) is 27.2 Å². The SMILES string of the molecule is C.CC1CCC(=O)NC1=O. The number of amides is 2. The maximum atomic E-state index is 10.7. The molecule has 1 saturated heterocycles. The van der Waals surface area contributed by atoms with Gasteiger partial charge in [-0.15, -0.1) is 0 Å². The lowest BCUT2D eigenvalue weighted by atomic mass is 10.0. The van der Waals surface area contributed by atoms with Crippen LogP contribution in [0.4, 0.5) is 0 Å². The van der Waals surface area contributed by atoms with Gasteiger partial charge in [0.25, 0.3) is 0 Å². The minimum Gasteiger partial charge on any atom is -0.296 e. The Bertz CT molecular complexity index is 154. The largest absolute Gasteiger partial charge is 0.296 e. The summed E-state index contributed by atoms with van der Waals surface area (Å²) in [6.45, 7) is 1.82. The molecule has 0 aliphatic carbocycles. The van der Waals surface area contributed by atoms with Gasteiger partial charge in [0.15, 0.2) is 0 Å². The van der Waals surface area contributed by atoms with Crippen LogP contribution in [-0.2, 0) is 9.59 Å². The molecule has 0 aromatic heterocycles. The summed E-state index contributed by atoms with van der Waals surface area (Å²) < 4.78 is 0. The fourth-order valence-electron chi connectivity index (χ4n) is 0.802. The average Bonchev–Trinajstić information content (AvgIpc) is 1.80. The lowest BCUT2D eigenvalue weighted by Crippen LogP contribution is -2.39. The summed E-state index contributed by atoms with van der Waals surface area (Å²) in [7, 11) is 0. The van der Waals surface area contributed by atoms with Gasteiger partial charge in [-0.3, -0.25) is 14.9 Å². The first kappa shape index (κ1) is 9.14. The van der Waals surface area contributed by atoms with Gasteiger partial charge in [0, 0.05) is 12.3 Å². The van der Waals surface area contributed by atoms with E-state index in [2.05, 4.69) is 5.32 Å². The molecule has 1 N–H and O–H groups in total. The van der Waals surface area contributed by atoms with Crippen molar-refractivity contribution >= 4 is 11.8 Å². The van der Waals surface area contributed by atoms with Crippen LogP contribution in [0.1, 0.15) is 27.2 Å². The van der Waals surface area contributed by atoms with Gasteiger partial charge < -0.3 is 0 Å². The monoisotopic (exact) mass is 143 g/mol. The lowest BCUT2D eigenvalue weighted by Gasteiger charge is -2.15. The van der Waals surface area contributed by atoms with Gasteiger partial charge in [-0.25, -0.2) is 0 Å². The predicted octanol–water partition coefficient (Wildman–Crippen LogP) is 0.695. The Kier molecular flexibility index (Phi) is 3.06. The molecule has 58 valence electrons. The summed E-state index contributed by atoms with van der Waals surface area (Å²) in [5.41, 5.74) is 0. The molecule has 1 rings (SSSR count). The number of piperidine rings is 1. The van der Waals surface area contributed by atoms with Crippen LogP contribution in [0.5, 0.6) is 0 Å². The summed E-state index contributed by atoms with van der Waals surface area (Å²) >= 11 is 0. The van der Waals surface area contributed by atoms with E-state index in [-0.39, 0.29) is 25.2 Å². The molecule has 1 unspecified atom stereocenters. The van der Waals surface area contributed by atoms with Gasteiger partial charge in [0.05, 0.1) is 0 Å². The molecule has 0 spiro atoms. The first-order valence-corrected chi connectivity index (χ1v) is 3.04. The number of rotatable bonds is 0. The third-order valence-corrected chi connectivity index (χ3v) is 1.51. The topological polar surface area (TPSA) is 46.2 Å². The Morgan fingerprint density at radius 1 is 1.50 bits per heavy atom. The summed E-state index contributed by atoms with van der Waals surface area (Å²) in [6, 6.07) is 0. The zero-order valence-corrected chi connectivity index (χ0v) is 5.31. The molecule has 1 aliphatic rings. The standard InChI is InChI=1S/C6H9NO2.CH4/c1-4-2-3-5(8)7-6(4)9;/h4H,2-3H2,1H3,(H,7,8,9);1H4. The van der Waals surface area contributed by atoms with E-state index in [1.165, 1.54) is 0 Å². The lowest BCUT2D eigenvalue weighted by molar-refractivity contribution is -0.135. The number of hydrogen-bond donors (Lipinski definition) is 1. The Morgan fingerprint density at radius 3 is 2.50 bits per heavy atom. The zero-order chi connectivity index (χ0) is 6.85. The minimum atomic E-state index is -0.141. The normalized spacial score (nSPS) is 25.1. The van der Waals surface area contributed by atoms with Gasteiger partial charge in [0.2, 0.25) is 11.8 Å². The summed E-state index contributed by atoms with van der Waals surface area (Å²) in [5, 5.41) is 2.25. The van der Waals surface area contributed by atoms with Gasteiger partial charge in [-0.2, -0.15) is 0 Å². The van der Waals surface area contributed by atoms with Crippen molar-refractivity contribution in [1.82, 2.24) is 5.32 Å². The molecule has 1 aliphatic heterocycles. The fraction of sp³-hybridized carbons (Fsp3) is 0.714. The van der Waals surface area contributed by atoms with Crippen molar-refractivity contribution in [2.24, 2.45) is 5.92 Å². The molecule has 2 amide bonds. The second-order valence-electron chi connectivity index (χ2n) is 2.35. The van der Waals surface area contributed by atoms with Gasteiger partial charge >= 0.3 is 0 Å². The molecule has 0 bridgehead atoms. The van der Waals surface area contributed by atoms with E-state index in [0.29, 0.717) is 12.8 Å². The number of carbonyl (C=O) groups is 2. The average molecular weight is 143 g/mol. The van der Waals surface area contributed by atoms with Crippen molar-refractivity contribution < 1.29 is 9.59 Å². The molecule has 0 saturated carbocycles. The molecule has 3 nitrogen and oxygen atoms in total. The molecule has 1 heterocycles. The molecule has 0 radical (unpaired) electrons. The van der Waals surface area contributed by atoms with E-state index in [1.807, 2.05) is 6.92 Å². The second kappa shape index (κ2) is 3.34.